The Balaban J connectivity index is 3.12. The van der Waals surface area contributed by atoms with Crippen LogP contribution in [0.5, 0.6) is 0 Å². The second-order valence-electron chi connectivity index (χ2n) is 6.02. The second-order valence-corrected chi connectivity index (χ2v) is 6.02. The van der Waals surface area contributed by atoms with Crippen molar-refractivity contribution in [1.29, 1.82) is 0 Å². The van der Waals surface area contributed by atoms with Gasteiger partial charge in [0, 0.05) is 25.2 Å². The van der Waals surface area contributed by atoms with Gasteiger partial charge in [-0.05, 0) is 52.4 Å². The molecule has 1 rings (SSSR count). The van der Waals surface area contributed by atoms with Crippen LogP contribution in [0.15, 0.2) is 18.2 Å². The fourth-order valence-corrected chi connectivity index (χ4v) is 2.79. The van der Waals surface area contributed by atoms with Gasteiger partial charge in [-0.15, -0.1) is 0 Å². The summed E-state index contributed by atoms with van der Waals surface area (Å²) in [5.41, 5.74) is 7.80. The molecule has 0 radical (unpaired) electrons. The lowest BCUT2D eigenvalue weighted by atomic mass is 10.0. The van der Waals surface area contributed by atoms with Crippen molar-refractivity contribution in [3.63, 3.8) is 0 Å². The average Bonchev–Trinajstić information content (AvgIpc) is 2.41. The van der Waals surface area contributed by atoms with Crippen LogP contribution in [0.1, 0.15) is 32.8 Å². The SMILES string of the molecule is CCC(N)Cc1cccc(F)c1N(CC)C(C)CN(C)C. The quantitative estimate of drug-likeness (QED) is 0.800. The minimum absolute atomic E-state index is 0.0772. The summed E-state index contributed by atoms with van der Waals surface area (Å²) >= 11 is 0. The van der Waals surface area contributed by atoms with E-state index in [4.69, 9.17) is 5.73 Å². The molecule has 0 saturated carbocycles. The summed E-state index contributed by atoms with van der Waals surface area (Å²) < 4.78 is 14.4. The third-order valence-electron chi connectivity index (χ3n) is 3.87. The molecule has 120 valence electrons. The minimum Gasteiger partial charge on any atom is -0.365 e. The monoisotopic (exact) mass is 295 g/mol. The lowest BCUT2D eigenvalue weighted by Gasteiger charge is -2.34. The van der Waals surface area contributed by atoms with Crippen molar-refractivity contribution in [3.05, 3.63) is 29.6 Å². The number of likely N-dealkylation sites (N-methyl/N-ethyl adjacent to an activating group) is 2. The topological polar surface area (TPSA) is 32.5 Å². The van der Waals surface area contributed by atoms with Gasteiger partial charge >= 0.3 is 0 Å². The number of benzene rings is 1. The fraction of sp³-hybridized carbons (Fsp3) is 0.647. The molecule has 3 nitrogen and oxygen atoms in total. The van der Waals surface area contributed by atoms with Crippen molar-refractivity contribution >= 4 is 5.69 Å². The van der Waals surface area contributed by atoms with E-state index in [9.17, 15) is 4.39 Å². The van der Waals surface area contributed by atoms with E-state index in [2.05, 4.69) is 30.6 Å². The summed E-state index contributed by atoms with van der Waals surface area (Å²) in [5.74, 6) is -0.150. The highest BCUT2D eigenvalue weighted by molar-refractivity contribution is 5.56. The predicted octanol–water partition coefficient (Wildman–Crippen LogP) is 2.88. The lowest BCUT2D eigenvalue weighted by molar-refractivity contribution is 0.371. The van der Waals surface area contributed by atoms with Crippen LogP contribution in [0.4, 0.5) is 10.1 Å². The largest absolute Gasteiger partial charge is 0.365 e. The van der Waals surface area contributed by atoms with E-state index in [-0.39, 0.29) is 17.9 Å². The average molecular weight is 295 g/mol. The first-order valence-corrected chi connectivity index (χ1v) is 7.84. The van der Waals surface area contributed by atoms with E-state index in [0.717, 1.165) is 37.2 Å². The van der Waals surface area contributed by atoms with E-state index in [1.807, 2.05) is 20.2 Å². The molecule has 0 aromatic heterocycles. The normalized spacial score (nSPS) is 14.3. The van der Waals surface area contributed by atoms with Gasteiger partial charge in [-0.2, -0.15) is 0 Å². The molecule has 0 spiro atoms. The summed E-state index contributed by atoms with van der Waals surface area (Å²) in [6.07, 6.45) is 1.62. The molecule has 2 atom stereocenters. The molecule has 1 aromatic carbocycles. The third kappa shape index (κ3) is 4.97. The summed E-state index contributed by atoms with van der Waals surface area (Å²) in [6, 6.07) is 5.65. The molecule has 0 amide bonds. The van der Waals surface area contributed by atoms with Crippen LogP contribution in [0, 0.1) is 5.82 Å². The van der Waals surface area contributed by atoms with E-state index in [1.54, 1.807) is 12.1 Å². The molecule has 21 heavy (non-hydrogen) atoms. The van der Waals surface area contributed by atoms with Crippen molar-refractivity contribution in [2.75, 3.05) is 32.1 Å². The van der Waals surface area contributed by atoms with Gasteiger partial charge < -0.3 is 15.5 Å². The highest BCUT2D eigenvalue weighted by atomic mass is 19.1. The number of nitrogens with two attached hydrogens (primary N) is 1. The summed E-state index contributed by atoms with van der Waals surface area (Å²) in [7, 11) is 4.08. The number of anilines is 1. The van der Waals surface area contributed by atoms with Crippen molar-refractivity contribution in [2.24, 2.45) is 5.73 Å². The highest BCUT2D eigenvalue weighted by Crippen LogP contribution is 2.27. The zero-order valence-corrected chi connectivity index (χ0v) is 14.1. The number of rotatable bonds is 8. The highest BCUT2D eigenvalue weighted by Gasteiger charge is 2.21. The fourth-order valence-electron chi connectivity index (χ4n) is 2.79. The Morgan fingerprint density at radius 1 is 1.24 bits per heavy atom. The van der Waals surface area contributed by atoms with Gasteiger partial charge in [-0.1, -0.05) is 19.1 Å². The predicted molar refractivity (Wildman–Crippen MR) is 89.4 cm³/mol. The zero-order chi connectivity index (χ0) is 16.0. The number of nitrogens with zero attached hydrogens (tertiary/aromatic N) is 2. The van der Waals surface area contributed by atoms with Crippen LogP contribution < -0.4 is 10.6 Å². The zero-order valence-electron chi connectivity index (χ0n) is 14.1. The van der Waals surface area contributed by atoms with Crippen LogP contribution in [0.3, 0.4) is 0 Å². The summed E-state index contributed by atoms with van der Waals surface area (Å²) in [6.45, 7) is 7.95. The van der Waals surface area contributed by atoms with E-state index >= 15 is 0 Å². The maximum Gasteiger partial charge on any atom is 0.146 e. The van der Waals surface area contributed by atoms with Gasteiger partial charge in [0.2, 0.25) is 0 Å². The maximum atomic E-state index is 14.4. The number of halogens is 1. The number of para-hydroxylation sites is 1. The van der Waals surface area contributed by atoms with Crippen molar-refractivity contribution < 1.29 is 4.39 Å². The van der Waals surface area contributed by atoms with E-state index < -0.39 is 0 Å². The molecule has 2 unspecified atom stereocenters. The van der Waals surface area contributed by atoms with Crippen molar-refractivity contribution in [1.82, 2.24) is 4.90 Å². The van der Waals surface area contributed by atoms with Crippen molar-refractivity contribution in [3.8, 4) is 0 Å². The number of hydrogen-bond donors (Lipinski definition) is 1. The first kappa shape index (κ1) is 17.9. The smallest absolute Gasteiger partial charge is 0.146 e. The summed E-state index contributed by atoms with van der Waals surface area (Å²) in [4.78, 5) is 4.28. The molecule has 0 bridgehead atoms. The molecule has 0 aliphatic rings. The first-order valence-electron chi connectivity index (χ1n) is 7.84. The van der Waals surface area contributed by atoms with Gasteiger partial charge in [-0.3, -0.25) is 0 Å². The van der Waals surface area contributed by atoms with Gasteiger partial charge in [0.1, 0.15) is 5.82 Å². The van der Waals surface area contributed by atoms with Crippen LogP contribution in [0.2, 0.25) is 0 Å². The van der Waals surface area contributed by atoms with Crippen molar-refractivity contribution in [2.45, 2.75) is 45.7 Å². The maximum absolute atomic E-state index is 14.4. The van der Waals surface area contributed by atoms with Gasteiger partial charge in [0.25, 0.3) is 0 Å². The van der Waals surface area contributed by atoms with Gasteiger partial charge in [0.15, 0.2) is 0 Å². The van der Waals surface area contributed by atoms with Crippen LogP contribution in [-0.2, 0) is 6.42 Å². The third-order valence-corrected chi connectivity index (χ3v) is 3.87. The standard InChI is InChI=1S/C17H30FN3/c1-6-15(19)11-14-9-8-10-16(18)17(14)21(7-2)13(3)12-20(4)5/h8-10,13,15H,6-7,11-12,19H2,1-5H3. The second kappa shape index (κ2) is 8.35. The minimum atomic E-state index is -0.150. The molecule has 0 aliphatic heterocycles. The molecule has 0 saturated heterocycles. The van der Waals surface area contributed by atoms with Gasteiger partial charge in [-0.25, -0.2) is 4.39 Å². The van der Waals surface area contributed by atoms with E-state index in [1.165, 1.54) is 0 Å². The van der Waals surface area contributed by atoms with Crippen LogP contribution >= 0.6 is 0 Å². The Morgan fingerprint density at radius 3 is 2.43 bits per heavy atom. The van der Waals surface area contributed by atoms with Crippen LogP contribution in [0.25, 0.3) is 0 Å². The Bertz CT molecular complexity index is 434. The molecule has 2 N–H and O–H groups in total. The molecule has 1 aromatic rings. The summed E-state index contributed by atoms with van der Waals surface area (Å²) in [5, 5.41) is 0. The molecule has 4 heteroatoms. The van der Waals surface area contributed by atoms with E-state index in [0.29, 0.717) is 0 Å². The first-order chi connectivity index (χ1) is 9.90. The Hall–Kier alpha value is -1.13. The molecular formula is C17H30FN3. The molecule has 0 fully saturated rings. The van der Waals surface area contributed by atoms with Gasteiger partial charge in [0.05, 0.1) is 5.69 Å². The van der Waals surface area contributed by atoms with Crippen LogP contribution in [-0.4, -0.2) is 44.2 Å². The molecular weight excluding hydrogens is 265 g/mol. The Labute approximate surface area is 128 Å². The Kier molecular flexibility index (Phi) is 7.12. The molecule has 0 heterocycles. The number of hydrogen-bond acceptors (Lipinski definition) is 3. The Morgan fingerprint density at radius 2 is 1.90 bits per heavy atom. The lowest BCUT2D eigenvalue weighted by Crippen LogP contribution is -2.41. The molecule has 0 aliphatic carbocycles.